The summed E-state index contributed by atoms with van der Waals surface area (Å²) >= 11 is 0. The highest BCUT2D eigenvalue weighted by Crippen LogP contribution is 2.25. The van der Waals surface area contributed by atoms with Gasteiger partial charge < -0.3 is 26.0 Å². The topological polar surface area (TPSA) is 122 Å². The Morgan fingerprint density at radius 2 is 2.03 bits per heavy atom. The number of nitrogens with zero attached hydrogens (tertiary/aromatic N) is 3. The molecule has 3 rings (SSSR count). The fraction of sp³-hybridized carbons (Fsp3) is 0.478. The van der Waals surface area contributed by atoms with Crippen molar-refractivity contribution in [1.29, 1.82) is 0 Å². The first-order chi connectivity index (χ1) is 15.6. The van der Waals surface area contributed by atoms with Crippen LogP contribution in [0.2, 0.25) is 0 Å². The summed E-state index contributed by atoms with van der Waals surface area (Å²) in [6.07, 6.45) is 5.14. The van der Waals surface area contributed by atoms with Crippen LogP contribution in [-0.4, -0.2) is 59.2 Å². The minimum atomic E-state index is -1.01. The number of halogens is 1. The van der Waals surface area contributed by atoms with Crippen molar-refractivity contribution in [3.05, 3.63) is 48.0 Å². The predicted octanol–water partition coefficient (Wildman–Crippen LogP) is 2.10. The summed E-state index contributed by atoms with van der Waals surface area (Å²) < 4.78 is 20.1. The van der Waals surface area contributed by atoms with Crippen LogP contribution >= 0.6 is 0 Å². The lowest BCUT2D eigenvalue weighted by molar-refractivity contribution is -0.156. The fourth-order valence-electron chi connectivity index (χ4n) is 3.54. The van der Waals surface area contributed by atoms with E-state index in [4.69, 9.17) is 10.5 Å². The zero-order valence-electron chi connectivity index (χ0n) is 19.2. The molecule has 0 saturated carbocycles. The molecule has 0 radical (unpaired) electrons. The molecule has 1 amide bonds. The van der Waals surface area contributed by atoms with E-state index in [1.165, 1.54) is 6.07 Å². The second-order valence-electron chi connectivity index (χ2n) is 9.02. The Hall–Kier alpha value is -3.27. The number of piperidine rings is 1. The van der Waals surface area contributed by atoms with Gasteiger partial charge in [-0.1, -0.05) is 0 Å². The predicted molar refractivity (Wildman–Crippen MR) is 123 cm³/mol. The third-order valence-corrected chi connectivity index (χ3v) is 5.06. The Morgan fingerprint density at radius 1 is 1.30 bits per heavy atom. The monoisotopic (exact) mass is 458 g/mol. The van der Waals surface area contributed by atoms with Gasteiger partial charge in [-0.15, -0.1) is 0 Å². The molecule has 178 valence electrons. The molecule has 1 saturated heterocycles. The molecule has 1 aromatic carbocycles. The lowest BCUT2D eigenvalue weighted by Gasteiger charge is -2.35. The number of anilines is 2. The third-order valence-electron chi connectivity index (χ3n) is 5.06. The van der Waals surface area contributed by atoms with Crippen molar-refractivity contribution in [2.75, 3.05) is 29.9 Å². The molecule has 9 nitrogen and oxygen atoms in total. The van der Waals surface area contributed by atoms with Crippen LogP contribution in [0.5, 0.6) is 0 Å². The van der Waals surface area contributed by atoms with E-state index in [-0.39, 0.29) is 18.2 Å². The summed E-state index contributed by atoms with van der Waals surface area (Å²) in [4.78, 5) is 34.7. The van der Waals surface area contributed by atoms with Gasteiger partial charge in [0.25, 0.3) is 5.91 Å². The highest BCUT2D eigenvalue weighted by Gasteiger charge is 2.25. The van der Waals surface area contributed by atoms with Gasteiger partial charge in [0.1, 0.15) is 17.5 Å². The average Bonchev–Trinajstić information content (AvgIpc) is 2.77. The Labute approximate surface area is 192 Å². The fourth-order valence-corrected chi connectivity index (χ4v) is 3.54. The highest BCUT2D eigenvalue weighted by molar-refractivity contribution is 5.95. The second-order valence-corrected chi connectivity index (χ2v) is 9.02. The molecule has 2 aromatic rings. The summed E-state index contributed by atoms with van der Waals surface area (Å²) in [5, 5.41) is 5.84. The maximum atomic E-state index is 14.9. The first-order valence-electron chi connectivity index (χ1n) is 11.0. The van der Waals surface area contributed by atoms with Crippen molar-refractivity contribution in [1.82, 2.24) is 15.3 Å². The summed E-state index contributed by atoms with van der Waals surface area (Å²) in [5.41, 5.74) is 5.69. The molecule has 2 unspecified atom stereocenters. The molecule has 2 heterocycles. The molecule has 4 N–H and O–H groups in total. The lowest BCUT2D eigenvalue weighted by Crippen LogP contribution is -2.45. The van der Waals surface area contributed by atoms with Gasteiger partial charge in [-0.05, 0) is 57.9 Å². The van der Waals surface area contributed by atoms with Gasteiger partial charge in [0.2, 0.25) is 5.95 Å². The molecule has 1 aliphatic rings. The first kappa shape index (κ1) is 24.4. The standard InChI is InChI=1S/C23H31FN6O3/c1-23(2,3)33-21(32)18(25)13-28-20(31)15-7-8-19(17(24)12-15)30-11-4-6-16(14-30)29-22-26-9-5-10-27-22/h5,7-10,12,16,18H,4,6,11,13-14,25H2,1-3H3,(H,28,31)(H,26,27,29). The van der Waals surface area contributed by atoms with Crippen molar-refractivity contribution in [3.8, 4) is 0 Å². The van der Waals surface area contributed by atoms with Gasteiger partial charge in [-0.25, -0.2) is 14.4 Å². The number of nitrogens with one attached hydrogen (secondary N) is 2. The summed E-state index contributed by atoms with van der Waals surface area (Å²) in [5.74, 6) is -1.07. The molecule has 10 heteroatoms. The molecule has 0 spiro atoms. The minimum absolute atomic E-state index is 0.0814. The molecule has 1 fully saturated rings. The van der Waals surface area contributed by atoms with Crippen molar-refractivity contribution >= 4 is 23.5 Å². The molecular formula is C23H31FN6O3. The number of aromatic nitrogens is 2. The van der Waals surface area contributed by atoms with E-state index < -0.39 is 29.3 Å². The van der Waals surface area contributed by atoms with E-state index in [1.54, 1.807) is 51.4 Å². The van der Waals surface area contributed by atoms with Gasteiger partial charge in [0.05, 0.1) is 5.69 Å². The van der Waals surface area contributed by atoms with Crippen molar-refractivity contribution in [2.24, 2.45) is 5.73 Å². The number of esters is 1. The summed E-state index contributed by atoms with van der Waals surface area (Å²) in [6, 6.07) is 5.17. The SMILES string of the molecule is CC(C)(C)OC(=O)C(N)CNC(=O)c1ccc(N2CCCC(Nc3ncccn3)C2)c(F)c1. The quantitative estimate of drug-likeness (QED) is 0.539. The number of hydrogen-bond donors (Lipinski definition) is 3. The average molecular weight is 459 g/mol. The maximum absolute atomic E-state index is 14.9. The van der Waals surface area contributed by atoms with Crippen LogP contribution in [0, 0.1) is 5.82 Å². The molecule has 33 heavy (non-hydrogen) atoms. The number of carbonyl (C=O) groups excluding carboxylic acids is 2. The highest BCUT2D eigenvalue weighted by atomic mass is 19.1. The zero-order chi connectivity index (χ0) is 24.0. The Balaban J connectivity index is 1.57. The van der Waals surface area contributed by atoms with Crippen LogP contribution in [0.15, 0.2) is 36.7 Å². The van der Waals surface area contributed by atoms with Crippen LogP contribution < -0.4 is 21.3 Å². The third kappa shape index (κ3) is 7.11. The number of benzene rings is 1. The Bertz CT molecular complexity index is 966. The smallest absolute Gasteiger partial charge is 0.325 e. The van der Waals surface area contributed by atoms with Crippen LogP contribution in [0.3, 0.4) is 0 Å². The number of carbonyl (C=O) groups is 2. The minimum Gasteiger partial charge on any atom is -0.459 e. The summed E-state index contributed by atoms with van der Waals surface area (Å²) in [7, 11) is 0. The molecule has 1 aromatic heterocycles. The number of ether oxygens (including phenoxy) is 1. The van der Waals surface area contributed by atoms with Crippen LogP contribution in [-0.2, 0) is 9.53 Å². The lowest BCUT2D eigenvalue weighted by atomic mass is 10.0. The normalized spacial score (nSPS) is 17.2. The number of amides is 1. The van der Waals surface area contributed by atoms with Crippen LogP contribution in [0.1, 0.15) is 44.0 Å². The Morgan fingerprint density at radius 3 is 2.70 bits per heavy atom. The van der Waals surface area contributed by atoms with E-state index in [0.29, 0.717) is 24.7 Å². The van der Waals surface area contributed by atoms with E-state index in [0.717, 1.165) is 12.8 Å². The molecule has 2 atom stereocenters. The van der Waals surface area contributed by atoms with Gasteiger partial charge in [0.15, 0.2) is 0 Å². The van der Waals surface area contributed by atoms with Gasteiger partial charge in [0, 0.05) is 43.6 Å². The van der Waals surface area contributed by atoms with Crippen molar-refractivity contribution in [2.45, 2.75) is 51.3 Å². The first-order valence-corrected chi connectivity index (χ1v) is 11.0. The van der Waals surface area contributed by atoms with E-state index >= 15 is 0 Å². The van der Waals surface area contributed by atoms with Crippen LogP contribution in [0.25, 0.3) is 0 Å². The number of nitrogens with two attached hydrogens (primary N) is 1. The van der Waals surface area contributed by atoms with E-state index in [1.807, 2.05) is 4.90 Å². The molecule has 0 bridgehead atoms. The zero-order valence-corrected chi connectivity index (χ0v) is 19.2. The second kappa shape index (κ2) is 10.6. The van der Waals surface area contributed by atoms with Crippen molar-refractivity contribution < 1.29 is 18.7 Å². The van der Waals surface area contributed by atoms with E-state index in [2.05, 4.69) is 20.6 Å². The van der Waals surface area contributed by atoms with Gasteiger partial charge >= 0.3 is 5.97 Å². The van der Waals surface area contributed by atoms with Gasteiger partial charge in [-0.2, -0.15) is 0 Å². The number of rotatable bonds is 7. The van der Waals surface area contributed by atoms with Crippen LogP contribution in [0.4, 0.5) is 16.0 Å². The summed E-state index contributed by atoms with van der Waals surface area (Å²) in [6.45, 7) is 6.38. The maximum Gasteiger partial charge on any atom is 0.325 e. The van der Waals surface area contributed by atoms with E-state index in [9.17, 15) is 14.0 Å². The number of hydrogen-bond acceptors (Lipinski definition) is 8. The van der Waals surface area contributed by atoms with Gasteiger partial charge in [-0.3, -0.25) is 9.59 Å². The molecule has 0 aliphatic carbocycles. The molecule has 1 aliphatic heterocycles. The van der Waals surface area contributed by atoms with Crippen molar-refractivity contribution in [3.63, 3.8) is 0 Å². The largest absolute Gasteiger partial charge is 0.459 e. The Kier molecular flexibility index (Phi) is 7.80. The molecular weight excluding hydrogens is 427 g/mol.